The summed E-state index contributed by atoms with van der Waals surface area (Å²) < 4.78 is 0. The molecular weight excluding hydrogens is 168 g/mol. The molecule has 0 aliphatic carbocycles. The fraction of sp³-hybridized carbons (Fsp3) is 0.125. The zero-order valence-corrected chi connectivity index (χ0v) is 7.01. The summed E-state index contributed by atoms with van der Waals surface area (Å²) in [7, 11) is 0. The molecule has 0 heterocycles. The fourth-order valence-electron chi connectivity index (χ4n) is 0.947. The van der Waals surface area contributed by atoms with Crippen LogP contribution in [-0.4, -0.2) is 11.3 Å². The minimum atomic E-state index is -0.844. The molecule has 0 aromatic heterocycles. The van der Waals surface area contributed by atoms with Gasteiger partial charge in [-0.2, -0.15) is 5.10 Å². The van der Waals surface area contributed by atoms with Gasteiger partial charge in [-0.1, -0.05) is 24.3 Å². The predicted octanol–water partition coefficient (Wildman–Crippen LogP) is -0.567. The summed E-state index contributed by atoms with van der Waals surface area (Å²) in [5.74, 6) is 10.0. The van der Waals surface area contributed by atoms with E-state index in [2.05, 4.69) is 10.5 Å². The summed E-state index contributed by atoms with van der Waals surface area (Å²) in [5.41, 5.74) is 3.79. The van der Waals surface area contributed by atoms with Crippen LogP contribution in [0.1, 0.15) is 17.4 Å². The molecule has 1 aromatic rings. The van der Waals surface area contributed by atoms with Crippen LogP contribution in [0.3, 0.4) is 0 Å². The van der Waals surface area contributed by atoms with Gasteiger partial charge in [0.25, 0.3) is 0 Å². The number of rotatable bonds is 3. The van der Waals surface area contributed by atoms with Gasteiger partial charge in [0.15, 0.2) is 0 Å². The van der Waals surface area contributed by atoms with Crippen molar-refractivity contribution in [3.63, 3.8) is 0 Å². The molecule has 70 valence electrons. The van der Waals surface area contributed by atoms with Gasteiger partial charge in [-0.05, 0) is 11.1 Å². The van der Waals surface area contributed by atoms with Gasteiger partial charge in [0.05, 0.1) is 6.21 Å². The van der Waals surface area contributed by atoms with Gasteiger partial charge < -0.3 is 10.9 Å². The number of hydrogen-bond donors (Lipinski definition) is 4. The number of hydrazine groups is 1. The Balaban J connectivity index is 2.80. The Morgan fingerprint density at radius 2 is 2.00 bits per heavy atom. The monoisotopic (exact) mass is 180 g/mol. The molecule has 1 atom stereocenters. The lowest BCUT2D eigenvalue weighted by atomic mass is 10.1. The largest absolute Gasteiger partial charge is 0.373 e. The van der Waals surface area contributed by atoms with E-state index in [0.717, 1.165) is 5.56 Å². The maximum absolute atomic E-state index is 9.26. The Morgan fingerprint density at radius 3 is 2.46 bits per heavy atom. The molecule has 13 heavy (non-hydrogen) atoms. The minimum Gasteiger partial charge on any atom is -0.373 e. The molecule has 0 fully saturated rings. The van der Waals surface area contributed by atoms with Gasteiger partial charge in [-0.3, -0.25) is 5.84 Å². The Kier molecular flexibility index (Phi) is 3.39. The summed E-state index contributed by atoms with van der Waals surface area (Å²) in [4.78, 5) is 0. The van der Waals surface area contributed by atoms with E-state index in [1.54, 1.807) is 24.3 Å². The van der Waals surface area contributed by atoms with Gasteiger partial charge in [0.2, 0.25) is 0 Å². The highest BCUT2D eigenvalue weighted by molar-refractivity contribution is 5.79. The summed E-state index contributed by atoms with van der Waals surface area (Å²) >= 11 is 0. The highest BCUT2D eigenvalue weighted by Gasteiger charge is 2.02. The average Bonchev–Trinajstić information content (AvgIpc) is 2.18. The normalized spacial score (nSPS) is 13.4. The summed E-state index contributed by atoms with van der Waals surface area (Å²) in [5, 5.41) is 12.6. The molecule has 1 aromatic carbocycles. The predicted molar refractivity (Wildman–Crippen MR) is 50.5 cm³/mol. The molecule has 0 saturated heterocycles. The standard InChI is InChI=1S/C8H12N4O/c9-11-5-6-1-3-7(4-2-6)8(13)12-10/h1-5,8,12-13H,9-10H2. The smallest absolute Gasteiger partial charge is 0.143 e. The molecule has 0 radical (unpaired) electrons. The maximum atomic E-state index is 9.26. The van der Waals surface area contributed by atoms with Crippen molar-refractivity contribution in [1.82, 2.24) is 5.43 Å². The van der Waals surface area contributed by atoms with Gasteiger partial charge >= 0.3 is 0 Å². The van der Waals surface area contributed by atoms with E-state index in [9.17, 15) is 5.11 Å². The van der Waals surface area contributed by atoms with Crippen LogP contribution in [0.15, 0.2) is 29.4 Å². The van der Waals surface area contributed by atoms with E-state index < -0.39 is 6.23 Å². The SMILES string of the molecule is NN=Cc1ccc(C(O)NN)cc1. The van der Waals surface area contributed by atoms with Gasteiger partial charge in [-0.15, -0.1) is 0 Å². The number of aliphatic hydroxyl groups is 1. The third kappa shape index (κ3) is 2.51. The molecule has 1 rings (SSSR count). The first-order chi connectivity index (χ1) is 6.27. The van der Waals surface area contributed by atoms with Crippen LogP contribution < -0.4 is 17.1 Å². The van der Waals surface area contributed by atoms with Crippen molar-refractivity contribution >= 4 is 6.21 Å². The summed E-state index contributed by atoms with van der Waals surface area (Å²) in [6.45, 7) is 0. The van der Waals surface area contributed by atoms with E-state index in [0.29, 0.717) is 5.56 Å². The highest BCUT2D eigenvalue weighted by atomic mass is 16.3. The zero-order valence-electron chi connectivity index (χ0n) is 7.01. The van der Waals surface area contributed by atoms with Crippen molar-refractivity contribution in [1.29, 1.82) is 0 Å². The second-order valence-corrected chi connectivity index (χ2v) is 2.51. The Hall–Kier alpha value is -1.43. The lowest BCUT2D eigenvalue weighted by Gasteiger charge is -2.08. The molecule has 0 spiro atoms. The molecule has 0 aliphatic rings. The van der Waals surface area contributed by atoms with Crippen LogP contribution >= 0.6 is 0 Å². The number of nitrogens with two attached hydrogens (primary N) is 2. The number of aliphatic hydroxyl groups excluding tert-OH is 1. The fourth-order valence-corrected chi connectivity index (χ4v) is 0.947. The molecule has 6 N–H and O–H groups in total. The molecule has 0 saturated carbocycles. The first-order valence-electron chi connectivity index (χ1n) is 3.75. The molecule has 0 bridgehead atoms. The second-order valence-electron chi connectivity index (χ2n) is 2.51. The first-order valence-corrected chi connectivity index (χ1v) is 3.75. The van der Waals surface area contributed by atoms with Gasteiger partial charge in [-0.25, -0.2) is 5.43 Å². The number of nitrogens with one attached hydrogen (secondary N) is 1. The number of nitrogens with zero attached hydrogens (tertiary/aromatic N) is 1. The van der Waals surface area contributed by atoms with Crippen molar-refractivity contribution < 1.29 is 5.11 Å². The minimum absolute atomic E-state index is 0.691. The first kappa shape index (κ1) is 9.66. The van der Waals surface area contributed by atoms with Crippen LogP contribution in [0.25, 0.3) is 0 Å². The number of hydrogen-bond acceptors (Lipinski definition) is 5. The van der Waals surface area contributed by atoms with Gasteiger partial charge in [0, 0.05) is 0 Å². The number of benzene rings is 1. The molecule has 0 aliphatic heterocycles. The van der Waals surface area contributed by atoms with E-state index in [1.807, 2.05) is 0 Å². The van der Waals surface area contributed by atoms with E-state index in [4.69, 9.17) is 11.7 Å². The maximum Gasteiger partial charge on any atom is 0.143 e. The van der Waals surface area contributed by atoms with Crippen molar-refractivity contribution in [3.05, 3.63) is 35.4 Å². The average molecular weight is 180 g/mol. The third-order valence-corrected chi connectivity index (χ3v) is 1.63. The Labute approximate surface area is 76.0 Å². The van der Waals surface area contributed by atoms with E-state index in [-0.39, 0.29) is 0 Å². The van der Waals surface area contributed by atoms with Crippen molar-refractivity contribution in [3.8, 4) is 0 Å². The molecule has 5 nitrogen and oxygen atoms in total. The van der Waals surface area contributed by atoms with E-state index >= 15 is 0 Å². The quantitative estimate of drug-likeness (QED) is 0.217. The summed E-state index contributed by atoms with van der Waals surface area (Å²) in [6, 6.07) is 7.04. The Morgan fingerprint density at radius 1 is 1.38 bits per heavy atom. The van der Waals surface area contributed by atoms with Crippen LogP contribution in [-0.2, 0) is 0 Å². The van der Waals surface area contributed by atoms with Crippen LogP contribution in [0, 0.1) is 0 Å². The Bertz CT molecular complexity index is 283. The van der Waals surface area contributed by atoms with Crippen LogP contribution in [0.2, 0.25) is 0 Å². The lowest BCUT2D eigenvalue weighted by Crippen LogP contribution is -2.27. The van der Waals surface area contributed by atoms with E-state index in [1.165, 1.54) is 6.21 Å². The molecule has 0 amide bonds. The molecular formula is C8H12N4O. The lowest BCUT2D eigenvalue weighted by molar-refractivity contribution is 0.140. The van der Waals surface area contributed by atoms with Gasteiger partial charge in [0.1, 0.15) is 6.23 Å². The van der Waals surface area contributed by atoms with Crippen molar-refractivity contribution in [2.24, 2.45) is 16.8 Å². The van der Waals surface area contributed by atoms with Crippen LogP contribution in [0.5, 0.6) is 0 Å². The topological polar surface area (TPSA) is 96.7 Å². The highest BCUT2D eigenvalue weighted by Crippen LogP contribution is 2.09. The van der Waals surface area contributed by atoms with Crippen LogP contribution in [0.4, 0.5) is 0 Å². The second kappa shape index (κ2) is 4.56. The number of hydrazone groups is 1. The van der Waals surface area contributed by atoms with Crippen molar-refractivity contribution in [2.75, 3.05) is 0 Å². The molecule has 5 heteroatoms. The van der Waals surface area contributed by atoms with Crippen molar-refractivity contribution in [2.45, 2.75) is 6.23 Å². The third-order valence-electron chi connectivity index (χ3n) is 1.63. The summed E-state index contributed by atoms with van der Waals surface area (Å²) in [6.07, 6.45) is 0.676. The molecule has 1 unspecified atom stereocenters. The zero-order chi connectivity index (χ0) is 9.68.